The first-order chi connectivity index (χ1) is 10.3. The van der Waals surface area contributed by atoms with Gasteiger partial charge in [-0.25, -0.2) is 8.42 Å². The van der Waals surface area contributed by atoms with E-state index in [1.165, 1.54) is 0 Å². The van der Waals surface area contributed by atoms with Crippen LogP contribution in [0.15, 0.2) is 18.5 Å². The molecule has 124 valence electrons. The summed E-state index contributed by atoms with van der Waals surface area (Å²) in [5, 5.41) is 7.39. The normalized spacial score (nSPS) is 23.1. The van der Waals surface area contributed by atoms with E-state index in [1.807, 2.05) is 30.8 Å². The Balaban J connectivity index is 1.82. The van der Waals surface area contributed by atoms with Gasteiger partial charge in [-0.05, 0) is 26.3 Å². The van der Waals surface area contributed by atoms with Gasteiger partial charge in [-0.1, -0.05) is 0 Å². The zero-order valence-corrected chi connectivity index (χ0v) is 14.1. The third-order valence-corrected chi connectivity index (χ3v) is 6.14. The average molecular weight is 328 g/mol. The van der Waals surface area contributed by atoms with Gasteiger partial charge in [0.05, 0.1) is 24.1 Å². The van der Waals surface area contributed by atoms with Crippen molar-refractivity contribution in [2.75, 3.05) is 25.1 Å². The van der Waals surface area contributed by atoms with Crippen LogP contribution in [0.1, 0.15) is 26.3 Å². The van der Waals surface area contributed by atoms with E-state index in [0.29, 0.717) is 6.42 Å². The number of nitrogens with one attached hydrogen (secondary N) is 1. The van der Waals surface area contributed by atoms with Crippen molar-refractivity contribution in [1.29, 1.82) is 0 Å². The van der Waals surface area contributed by atoms with Gasteiger partial charge in [-0.15, -0.1) is 0 Å². The van der Waals surface area contributed by atoms with Crippen molar-refractivity contribution in [2.24, 2.45) is 0 Å². The second-order valence-electron chi connectivity index (χ2n) is 5.96. The molecule has 0 radical (unpaired) electrons. The number of sulfone groups is 1. The van der Waals surface area contributed by atoms with Gasteiger partial charge in [0.15, 0.2) is 9.84 Å². The third kappa shape index (κ3) is 4.07. The van der Waals surface area contributed by atoms with Crippen LogP contribution in [0.5, 0.6) is 0 Å². The lowest BCUT2D eigenvalue weighted by molar-refractivity contribution is -0.130. The zero-order chi connectivity index (χ0) is 16.3. The fourth-order valence-electron chi connectivity index (χ4n) is 2.58. The van der Waals surface area contributed by atoms with Crippen LogP contribution >= 0.6 is 0 Å². The number of rotatable bonds is 6. The Bertz CT molecular complexity index is 600. The van der Waals surface area contributed by atoms with Gasteiger partial charge in [0.25, 0.3) is 0 Å². The molecule has 1 aliphatic rings. The van der Waals surface area contributed by atoms with E-state index < -0.39 is 9.84 Å². The summed E-state index contributed by atoms with van der Waals surface area (Å²) in [6.45, 7) is 4.22. The minimum atomic E-state index is -2.97. The average Bonchev–Trinajstić information content (AvgIpc) is 3.12. The molecule has 0 aromatic carbocycles. The van der Waals surface area contributed by atoms with Crippen LogP contribution in [-0.2, 0) is 14.6 Å². The first-order valence-electron chi connectivity index (χ1n) is 7.49. The quantitative estimate of drug-likeness (QED) is 0.799. The molecule has 3 unspecified atom stereocenters. The number of hydrogen-bond donors (Lipinski definition) is 1. The predicted molar refractivity (Wildman–Crippen MR) is 84.2 cm³/mol. The standard InChI is InChI=1S/C14H24N4O3S/c1-11(12(2)18-7-4-6-16-18)15-9-14(19)17(3)13-5-8-22(20,21)10-13/h4,6-7,11-13,15H,5,8-10H2,1-3H3. The lowest BCUT2D eigenvalue weighted by Crippen LogP contribution is -2.45. The summed E-state index contributed by atoms with van der Waals surface area (Å²) >= 11 is 0. The van der Waals surface area contributed by atoms with Gasteiger partial charge in [0.1, 0.15) is 0 Å². The molecule has 1 fully saturated rings. The summed E-state index contributed by atoms with van der Waals surface area (Å²) in [5.41, 5.74) is 0. The van der Waals surface area contributed by atoms with Crippen LogP contribution in [0.25, 0.3) is 0 Å². The van der Waals surface area contributed by atoms with Crippen molar-refractivity contribution in [3.8, 4) is 0 Å². The molecule has 7 nitrogen and oxygen atoms in total. The largest absolute Gasteiger partial charge is 0.341 e. The summed E-state index contributed by atoms with van der Waals surface area (Å²) in [6.07, 6.45) is 4.15. The molecule has 1 saturated heterocycles. The van der Waals surface area contributed by atoms with E-state index >= 15 is 0 Å². The molecule has 8 heteroatoms. The molecule has 22 heavy (non-hydrogen) atoms. The highest BCUT2D eigenvalue weighted by Gasteiger charge is 2.32. The third-order valence-electron chi connectivity index (χ3n) is 4.39. The fraction of sp³-hybridized carbons (Fsp3) is 0.714. The van der Waals surface area contributed by atoms with E-state index in [0.717, 1.165) is 0 Å². The number of carbonyl (C=O) groups is 1. The number of aromatic nitrogens is 2. The van der Waals surface area contributed by atoms with Gasteiger partial charge in [0.2, 0.25) is 5.91 Å². The Kier molecular flexibility index (Phi) is 5.23. The van der Waals surface area contributed by atoms with E-state index in [4.69, 9.17) is 0 Å². The number of hydrogen-bond acceptors (Lipinski definition) is 5. The van der Waals surface area contributed by atoms with Crippen molar-refractivity contribution < 1.29 is 13.2 Å². The molecule has 1 aromatic heterocycles. The maximum absolute atomic E-state index is 12.2. The SMILES string of the molecule is CC(NCC(=O)N(C)C1CCS(=O)(=O)C1)C(C)n1cccn1. The second kappa shape index (κ2) is 6.78. The molecule has 1 aliphatic heterocycles. The van der Waals surface area contributed by atoms with Gasteiger partial charge >= 0.3 is 0 Å². The Labute approximate surface area is 131 Å². The summed E-state index contributed by atoms with van der Waals surface area (Å²) in [6, 6.07) is 1.87. The summed E-state index contributed by atoms with van der Waals surface area (Å²) in [5.74, 6) is 0.172. The number of nitrogens with zero attached hydrogens (tertiary/aromatic N) is 3. The Morgan fingerprint density at radius 3 is 2.77 bits per heavy atom. The van der Waals surface area contributed by atoms with Crippen LogP contribution in [0, 0.1) is 0 Å². The zero-order valence-electron chi connectivity index (χ0n) is 13.3. The van der Waals surface area contributed by atoms with Crippen LogP contribution in [-0.4, -0.2) is 66.2 Å². The van der Waals surface area contributed by atoms with Crippen molar-refractivity contribution in [3.63, 3.8) is 0 Å². The second-order valence-corrected chi connectivity index (χ2v) is 8.19. The summed E-state index contributed by atoms with van der Waals surface area (Å²) in [7, 11) is -1.30. The minimum absolute atomic E-state index is 0.0737. The summed E-state index contributed by atoms with van der Waals surface area (Å²) < 4.78 is 24.8. The van der Waals surface area contributed by atoms with Crippen molar-refractivity contribution >= 4 is 15.7 Å². The van der Waals surface area contributed by atoms with E-state index in [-0.39, 0.29) is 42.1 Å². The van der Waals surface area contributed by atoms with Gasteiger partial charge < -0.3 is 10.2 Å². The maximum Gasteiger partial charge on any atom is 0.236 e. The van der Waals surface area contributed by atoms with Crippen molar-refractivity contribution in [2.45, 2.75) is 38.4 Å². The molecular formula is C14H24N4O3S. The lowest BCUT2D eigenvalue weighted by atomic mass is 10.1. The topological polar surface area (TPSA) is 84.3 Å². The first-order valence-corrected chi connectivity index (χ1v) is 9.31. The molecule has 0 aliphatic carbocycles. The molecule has 1 N–H and O–H groups in total. The molecule has 1 aromatic rings. The predicted octanol–water partition coefficient (Wildman–Crippen LogP) is 0.0677. The van der Waals surface area contributed by atoms with Crippen LogP contribution in [0.4, 0.5) is 0 Å². The highest BCUT2D eigenvalue weighted by Crippen LogP contribution is 2.16. The highest BCUT2D eigenvalue weighted by molar-refractivity contribution is 7.91. The lowest BCUT2D eigenvalue weighted by Gasteiger charge is -2.26. The first kappa shape index (κ1) is 17.0. The highest BCUT2D eigenvalue weighted by atomic mass is 32.2. The Morgan fingerprint density at radius 2 is 2.23 bits per heavy atom. The van der Waals surface area contributed by atoms with Gasteiger partial charge in [0, 0.05) is 31.5 Å². The van der Waals surface area contributed by atoms with E-state index in [2.05, 4.69) is 10.4 Å². The van der Waals surface area contributed by atoms with Crippen molar-refractivity contribution in [3.05, 3.63) is 18.5 Å². The molecule has 0 saturated carbocycles. The molecule has 2 heterocycles. The smallest absolute Gasteiger partial charge is 0.236 e. The Morgan fingerprint density at radius 1 is 1.50 bits per heavy atom. The van der Waals surface area contributed by atoms with Gasteiger partial charge in [-0.3, -0.25) is 9.48 Å². The summed E-state index contributed by atoms with van der Waals surface area (Å²) in [4.78, 5) is 13.8. The molecule has 3 atom stereocenters. The van der Waals surface area contributed by atoms with Crippen LogP contribution in [0.2, 0.25) is 0 Å². The monoisotopic (exact) mass is 328 g/mol. The van der Waals surface area contributed by atoms with E-state index in [1.54, 1.807) is 18.1 Å². The molecule has 0 spiro atoms. The minimum Gasteiger partial charge on any atom is -0.341 e. The molecule has 0 bridgehead atoms. The molecule has 1 amide bonds. The van der Waals surface area contributed by atoms with Crippen LogP contribution < -0.4 is 5.32 Å². The molecule has 2 rings (SSSR count). The number of amides is 1. The molecular weight excluding hydrogens is 304 g/mol. The number of carbonyl (C=O) groups excluding carboxylic acids is 1. The van der Waals surface area contributed by atoms with Gasteiger partial charge in [-0.2, -0.15) is 5.10 Å². The fourth-order valence-corrected chi connectivity index (χ4v) is 4.35. The van der Waals surface area contributed by atoms with Crippen LogP contribution in [0.3, 0.4) is 0 Å². The van der Waals surface area contributed by atoms with E-state index in [9.17, 15) is 13.2 Å². The van der Waals surface area contributed by atoms with Crippen molar-refractivity contribution in [1.82, 2.24) is 20.0 Å². The Hall–Kier alpha value is -1.41. The number of likely N-dealkylation sites (N-methyl/N-ethyl adjacent to an activating group) is 1. The maximum atomic E-state index is 12.2.